The fraction of sp³-hybridized carbons (Fsp3) is 0.786. The molecule has 1 rings (SSSR count). The molecule has 4 N–H and O–H groups in total. The molecule has 2 amide bonds. The fourth-order valence-corrected chi connectivity index (χ4v) is 2.69. The van der Waals surface area contributed by atoms with Crippen LogP contribution < -0.4 is 11.1 Å². The van der Waals surface area contributed by atoms with Crippen molar-refractivity contribution in [2.24, 2.45) is 11.7 Å². The van der Waals surface area contributed by atoms with E-state index >= 15 is 0 Å². The number of carbonyl (C=O) groups excluding carboxylic acids is 2. The first-order valence-corrected chi connectivity index (χ1v) is 7.29. The van der Waals surface area contributed by atoms with Crippen LogP contribution in [0.4, 0.5) is 0 Å². The standard InChI is InChI=1S/C14H24N2O4/c15-12(17)9-11(14(19)20)16-13(18)8-4-7-10-5-2-1-3-6-10/h10-11H,1-9H2,(H2,15,17)(H,16,18)(H,19,20). The highest BCUT2D eigenvalue weighted by molar-refractivity contribution is 5.88. The summed E-state index contributed by atoms with van der Waals surface area (Å²) in [6.45, 7) is 0. The Morgan fingerprint density at radius 3 is 2.40 bits per heavy atom. The third-order valence-electron chi connectivity index (χ3n) is 3.78. The normalized spacial score (nSPS) is 17.4. The molecule has 1 aliphatic rings. The van der Waals surface area contributed by atoms with Crippen LogP contribution in [-0.4, -0.2) is 28.9 Å². The van der Waals surface area contributed by atoms with Crippen molar-refractivity contribution in [3.8, 4) is 0 Å². The van der Waals surface area contributed by atoms with Crippen LogP contribution in [0, 0.1) is 5.92 Å². The van der Waals surface area contributed by atoms with Gasteiger partial charge in [0.25, 0.3) is 0 Å². The van der Waals surface area contributed by atoms with Crippen molar-refractivity contribution in [2.45, 2.75) is 63.8 Å². The molecule has 1 saturated carbocycles. The number of carboxylic acids is 1. The molecule has 0 radical (unpaired) electrons. The topological polar surface area (TPSA) is 109 Å². The van der Waals surface area contributed by atoms with E-state index in [-0.39, 0.29) is 12.3 Å². The van der Waals surface area contributed by atoms with Crippen molar-refractivity contribution >= 4 is 17.8 Å². The fourth-order valence-electron chi connectivity index (χ4n) is 2.69. The smallest absolute Gasteiger partial charge is 0.326 e. The molecule has 0 spiro atoms. The second-order valence-electron chi connectivity index (χ2n) is 5.53. The van der Waals surface area contributed by atoms with E-state index in [1.807, 2.05) is 0 Å². The van der Waals surface area contributed by atoms with E-state index in [2.05, 4.69) is 5.32 Å². The van der Waals surface area contributed by atoms with Gasteiger partial charge in [0.05, 0.1) is 6.42 Å². The molecule has 0 aromatic rings. The Balaban J connectivity index is 2.23. The zero-order valence-corrected chi connectivity index (χ0v) is 11.8. The molecule has 0 heterocycles. The maximum atomic E-state index is 11.7. The van der Waals surface area contributed by atoms with Crippen molar-refractivity contribution in [1.82, 2.24) is 5.32 Å². The third kappa shape index (κ3) is 6.54. The van der Waals surface area contributed by atoms with Crippen LogP contribution in [0.1, 0.15) is 57.8 Å². The van der Waals surface area contributed by atoms with Crippen LogP contribution in [0.25, 0.3) is 0 Å². The largest absolute Gasteiger partial charge is 0.480 e. The lowest BCUT2D eigenvalue weighted by atomic mass is 9.86. The minimum Gasteiger partial charge on any atom is -0.480 e. The number of nitrogens with two attached hydrogens (primary N) is 1. The number of rotatable bonds is 8. The summed E-state index contributed by atoms with van der Waals surface area (Å²) in [5.74, 6) is -1.59. The predicted molar refractivity (Wildman–Crippen MR) is 73.8 cm³/mol. The zero-order chi connectivity index (χ0) is 15.0. The Hall–Kier alpha value is -1.59. The van der Waals surface area contributed by atoms with Crippen molar-refractivity contribution < 1.29 is 19.5 Å². The van der Waals surface area contributed by atoms with Gasteiger partial charge in [-0.25, -0.2) is 4.79 Å². The molecule has 1 atom stereocenters. The summed E-state index contributed by atoms with van der Waals surface area (Å²) in [6, 6.07) is -1.21. The Bertz CT molecular complexity index is 351. The number of aliphatic carboxylic acids is 1. The van der Waals surface area contributed by atoms with Crippen LogP contribution >= 0.6 is 0 Å². The van der Waals surface area contributed by atoms with Crippen molar-refractivity contribution in [2.75, 3.05) is 0 Å². The number of amides is 2. The number of primary amides is 1. The molecule has 20 heavy (non-hydrogen) atoms. The van der Waals surface area contributed by atoms with Crippen molar-refractivity contribution in [3.63, 3.8) is 0 Å². The van der Waals surface area contributed by atoms with Gasteiger partial charge in [-0.05, 0) is 18.8 Å². The molecule has 0 saturated heterocycles. The van der Waals surface area contributed by atoms with Crippen molar-refractivity contribution in [1.29, 1.82) is 0 Å². The first-order valence-electron chi connectivity index (χ1n) is 7.29. The second kappa shape index (κ2) is 8.55. The average Bonchev–Trinajstić information content (AvgIpc) is 2.38. The van der Waals surface area contributed by atoms with Crippen LogP contribution in [0.2, 0.25) is 0 Å². The minimum absolute atomic E-state index is 0.305. The monoisotopic (exact) mass is 284 g/mol. The molecule has 6 heteroatoms. The highest BCUT2D eigenvalue weighted by atomic mass is 16.4. The Labute approximate surface area is 119 Å². The molecule has 1 fully saturated rings. The van der Waals surface area contributed by atoms with Gasteiger partial charge in [0.15, 0.2) is 0 Å². The Kier molecular flexibility index (Phi) is 7.04. The maximum absolute atomic E-state index is 11.7. The van der Waals surface area contributed by atoms with E-state index < -0.39 is 17.9 Å². The summed E-state index contributed by atoms with van der Waals surface area (Å²) in [6.07, 6.45) is 8.04. The molecular weight excluding hydrogens is 260 g/mol. The van der Waals surface area contributed by atoms with E-state index in [1.54, 1.807) is 0 Å². The van der Waals surface area contributed by atoms with Gasteiger partial charge in [-0.1, -0.05) is 32.1 Å². The second-order valence-corrected chi connectivity index (χ2v) is 5.53. The summed E-state index contributed by atoms with van der Waals surface area (Å²) in [5, 5.41) is 11.2. The van der Waals surface area contributed by atoms with Gasteiger partial charge >= 0.3 is 5.97 Å². The highest BCUT2D eigenvalue weighted by Gasteiger charge is 2.22. The molecule has 0 aromatic heterocycles. The van der Waals surface area contributed by atoms with Crippen LogP contribution in [0.5, 0.6) is 0 Å². The maximum Gasteiger partial charge on any atom is 0.326 e. The van der Waals surface area contributed by atoms with Crippen molar-refractivity contribution in [3.05, 3.63) is 0 Å². The average molecular weight is 284 g/mol. The van der Waals surface area contributed by atoms with Gasteiger partial charge in [-0.3, -0.25) is 9.59 Å². The number of hydrogen-bond acceptors (Lipinski definition) is 3. The molecule has 114 valence electrons. The van der Waals surface area contributed by atoms with Crippen LogP contribution in [0.3, 0.4) is 0 Å². The summed E-state index contributed by atoms with van der Waals surface area (Å²) in [7, 11) is 0. The number of carboxylic acid groups (broad SMARTS) is 1. The number of carbonyl (C=O) groups is 3. The first-order chi connectivity index (χ1) is 9.49. The predicted octanol–water partition coefficient (Wildman–Crippen LogP) is 1.18. The molecule has 0 aliphatic heterocycles. The van der Waals surface area contributed by atoms with Gasteiger partial charge in [0, 0.05) is 6.42 Å². The van der Waals surface area contributed by atoms with Crippen LogP contribution in [0.15, 0.2) is 0 Å². The van der Waals surface area contributed by atoms with E-state index in [0.29, 0.717) is 12.3 Å². The summed E-state index contributed by atoms with van der Waals surface area (Å²) in [5.41, 5.74) is 4.95. The van der Waals surface area contributed by atoms with Crippen LogP contribution in [-0.2, 0) is 14.4 Å². The highest BCUT2D eigenvalue weighted by Crippen LogP contribution is 2.27. The number of nitrogens with one attached hydrogen (secondary N) is 1. The molecule has 1 unspecified atom stereocenters. The summed E-state index contributed by atoms with van der Waals surface area (Å²) in [4.78, 5) is 33.2. The SMILES string of the molecule is NC(=O)CC(NC(=O)CCCC1CCCCC1)C(=O)O. The minimum atomic E-state index is -1.23. The van der Waals surface area contributed by atoms with Gasteiger partial charge in [-0.15, -0.1) is 0 Å². The van der Waals surface area contributed by atoms with Gasteiger partial charge in [0.1, 0.15) is 6.04 Å². The quantitative estimate of drug-likeness (QED) is 0.621. The number of hydrogen-bond donors (Lipinski definition) is 3. The van der Waals surface area contributed by atoms with E-state index in [1.165, 1.54) is 32.1 Å². The summed E-state index contributed by atoms with van der Waals surface area (Å²) >= 11 is 0. The lowest BCUT2D eigenvalue weighted by molar-refractivity contribution is -0.143. The Morgan fingerprint density at radius 2 is 1.85 bits per heavy atom. The van der Waals surface area contributed by atoms with Gasteiger partial charge in [0.2, 0.25) is 11.8 Å². The third-order valence-corrected chi connectivity index (χ3v) is 3.78. The lowest BCUT2D eigenvalue weighted by Crippen LogP contribution is -2.43. The van der Waals surface area contributed by atoms with E-state index in [0.717, 1.165) is 12.8 Å². The zero-order valence-electron chi connectivity index (χ0n) is 11.8. The van der Waals surface area contributed by atoms with E-state index in [9.17, 15) is 14.4 Å². The Morgan fingerprint density at radius 1 is 1.20 bits per heavy atom. The first kappa shape index (κ1) is 16.5. The molecule has 6 nitrogen and oxygen atoms in total. The molecule has 1 aliphatic carbocycles. The van der Waals surface area contributed by atoms with Gasteiger partial charge < -0.3 is 16.2 Å². The molecular formula is C14H24N2O4. The molecule has 0 aromatic carbocycles. The van der Waals surface area contributed by atoms with E-state index in [4.69, 9.17) is 10.8 Å². The van der Waals surface area contributed by atoms with Gasteiger partial charge in [-0.2, -0.15) is 0 Å². The summed E-state index contributed by atoms with van der Waals surface area (Å²) < 4.78 is 0. The lowest BCUT2D eigenvalue weighted by Gasteiger charge is -2.21. The molecule has 0 bridgehead atoms.